The van der Waals surface area contributed by atoms with Crippen LogP contribution in [0.3, 0.4) is 0 Å². The third-order valence-corrected chi connectivity index (χ3v) is 3.55. The molecule has 0 radical (unpaired) electrons. The van der Waals surface area contributed by atoms with Crippen molar-refractivity contribution in [3.05, 3.63) is 29.8 Å². The highest BCUT2D eigenvalue weighted by Gasteiger charge is 2.18. The van der Waals surface area contributed by atoms with E-state index >= 15 is 0 Å². The predicted molar refractivity (Wildman–Crippen MR) is 84.3 cm³/mol. The second-order valence-electron chi connectivity index (χ2n) is 5.83. The zero-order valence-electron chi connectivity index (χ0n) is 13.1. The van der Waals surface area contributed by atoms with Crippen molar-refractivity contribution < 1.29 is 9.53 Å². The Morgan fingerprint density at radius 3 is 2.95 bits per heavy atom. The zero-order chi connectivity index (χ0) is 15.1. The molecule has 1 aromatic carbocycles. The number of carbonyl (C=O) groups excluding carboxylic acids is 1. The highest BCUT2D eigenvalue weighted by molar-refractivity contribution is 5.77. The van der Waals surface area contributed by atoms with Gasteiger partial charge in [0.15, 0.2) is 0 Å². The molecule has 1 fully saturated rings. The van der Waals surface area contributed by atoms with E-state index < -0.39 is 0 Å². The number of hydrogen-bond donors (Lipinski definition) is 1. The fourth-order valence-corrected chi connectivity index (χ4v) is 2.57. The molecule has 4 heteroatoms. The van der Waals surface area contributed by atoms with Crippen LogP contribution in [0.1, 0.15) is 38.7 Å². The van der Waals surface area contributed by atoms with E-state index in [4.69, 9.17) is 4.74 Å². The highest BCUT2D eigenvalue weighted by Crippen LogP contribution is 2.14. The Kier molecular flexibility index (Phi) is 6.05. The summed E-state index contributed by atoms with van der Waals surface area (Å²) in [5, 5.41) is 3.43. The predicted octanol–water partition coefficient (Wildman–Crippen LogP) is 2.58. The maximum absolute atomic E-state index is 11.5. The number of likely N-dealkylation sites (tertiary alicyclic amines) is 1. The lowest BCUT2D eigenvalue weighted by Crippen LogP contribution is -2.28. The third-order valence-electron chi connectivity index (χ3n) is 3.55. The maximum Gasteiger partial charge on any atom is 0.222 e. The van der Waals surface area contributed by atoms with Crippen molar-refractivity contribution in [3.8, 4) is 5.75 Å². The van der Waals surface area contributed by atoms with Gasteiger partial charge in [-0.2, -0.15) is 0 Å². The number of nitrogens with one attached hydrogen (secondary N) is 1. The van der Waals surface area contributed by atoms with Crippen molar-refractivity contribution in [3.63, 3.8) is 0 Å². The summed E-state index contributed by atoms with van der Waals surface area (Å²) in [6, 6.07) is 8.20. The van der Waals surface area contributed by atoms with Gasteiger partial charge < -0.3 is 15.0 Å². The largest absolute Gasteiger partial charge is 0.491 e. The van der Waals surface area contributed by atoms with Gasteiger partial charge in [-0.1, -0.05) is 12.1 Å². The van der Waals surface area contributed by atoms with Crippen molar-refractivity contribution in [2.24, 2.45) is 0 Å². The van der Waals surface area contributed by atoms with Crippen LogP contribution < -0.4 is 10.1 Å². The standard InChI is InChI=1S/C17H26N2O2/c1-14(2)21-16-7-3-6-15(12-16)13-18-9-5-11-19-10-4-8-17(19)20/h3,6-7,12,14,18H,4-5,8-11,13H2,1-2H3. The molecular weight excluding hydrogens is 264 g/mol. The van der Waals surface area contributed by atoms with Gasteiger partial charge in [-0.05, 0) is 50.9 Å². The minimum atomic E-state index is 0.200. The smallest absolute Gasteiger partial charge is 0.222 e. The van der Waals surface area contributed by atoms with Crippen molar-refractivity contribution in [2.75, 3.05) is 19.6 Å². The molecule has 21 heavy (non-hydrogen) atoms. The van der Waals surface area contributed by atoms with Crippen LogP contribution in [0.5, 0.6) is 5.75 Å². The topological polar surface area (TPSA) is 41.6 Å². The normalized spacial score (nSPS) is 15.0. The molecule has 0 spiro atoms. The molecule has 1 amide bonds. The lowest BCUT2D eigenvalue weighted by atomic mass is 10.2. The highest BCUT2D eigenvalue weighted by atomic mass is 16.5. The van der Waals surface area contributed by atoms with Crippen LogP contribution in [0.4, 0.5) is 0 Å². The van der Waals surface area contributed by atoms with E-state index in [9.17, 15) is 4.79 Å². The van der Waals surface area contributed by atoms with Gasteiger partial charge in [0.25, 0.3) is 0 Å². The zero-order valence-corrected chi connectivity index (χ0v) is 13.1. The third kappa shape index (κ3) is 5.38. The van der Waals surface area contributed by atoms with Crippen LogP contribution >= 0.6 is 0 Å². The lowest BCUT2D eigenvalue weighted by molar-refractivity contribution is -0.127. The van der Waals surface area contributed by atoms with Crippen molar-refractivity contribution in [2.45, 2.75) is 45.8 Å². The van der Waals surface area contributed by atoms with E-state index in [1.807, 2.05) is 30.9 Å². The monoisotopic (exact) mass is 290 g/mol. The second-order valence-corrected chi connectivity index (χ2v) is 5.83. The Hall–Kier alpha value is -1.55. The molecule has 1 aliphatic heterocycles. The fraction of sp³-hybridized carbons (Fsp3) is 0.588. The molecule has 0 unspecified atom stereocenters. The van der Waals surface area contributed by atoms with Gasteiger partial charge in [0, 0.05) is 26.1 Å². The summed E-state index contributed by atoms with van der Waals surface area (Å²) < 4.78 is 5.69. The quantitative estimate of drug-likeness (QED) is 0.748. The minimum Gasteiger partial charge on any atom is -0.491 e. The van der Waals surface area contributed by atoms with Crippen LogP contribution in [-0.2, 0) is 11.3 Å². The Morgan fingerprint density at radius 1 is 1.38 bits per heavy atom. The van der Waals surface area contributed by atoms with E-state index in [2.05, 4.69) is 17.4 Å². The van der Waals surface area contributed by atoms with Gasteiger partial charge in [0.2, 0.25) is 5.91 Å². The number of carbonyl (C=O) groups is 1. The SMILES string of the molecule is CC(C)Oc1cccc(CNCCCN2CCCC2=O)c1. The first-order valence-electron chi connectivity index (χ1n) is 7.89. The van der Waals surface area contributed by atoms with E-state index in [0.717, 1.165) is 51.2 Å². The fourth-order valence-electron chi connectivity index (χ4n) is 2.57. The first-order valence-corrected chi connectivity index (χ1v) is 7.89. The summed E-state index contributed by atoms with van der Waals surface area (Å²) in [7, 11) is 0. The molecule has 1 N–H and O–H groups in total. The Bertz CT molecular complexity index is 460. The molecule has 4 nitrogen and oxygen atoms in total. The molecule has 0 bridgehead atoms. The summed E-state index contributed by atoms with van der Waals surface area (Å²) in [6.45, 7) is 7.65. The van der Waals surface area contributed by atoms with Crippen LogP contribution in [0.15, 0.2) is 24.3 Å². The molecule has 1 aliphatic rings. The number of rotatable bonds is 8. The summed E-state index contributed by atoms with van der Waals surface area (Å²) >= 11 is 0. The number of nitrogens with zero attached hydrogens (tertiary/aromatic N) is 1. The molecule has 0 atom stereocenters. The first-order chi connectivity index (χ1) is 10.1. The maximum atomic E-state index is 11.5. The van der Waals surface area contributed by atoms with Crippen molar-refractivity contribution in [1.82, 2.24) is 10.2 Å². The molecule has 0 aliphatic carbocycles. The van der Waals surface area contributed by atoms with Gasteiger partial charge in [-0.25, -0.2) is 0 Å². The lowest BCUT2D eigenvalue weighted by Gasteiger charge is -2.15. The summed E-state index contributed by atoms with van der Waals surface area (Å²) in [5.74, 6) is 1.24. The van der Waals surface area contributed by atoms with Crippen LogP contribution in [0.25, 0.3) is 0 Å². The number of amides is 1. The Balaban J connectivity index is 1.65. The molecule has 2 rings (SSSR count). The molecule has 0 aromatic heterocycles. The van der Waals surface area contributed by atoms with Crippen molar-refractivity contribution >= 4 is 5.91 Å². The van der Waals surface area contributed by atoms with E-state index in [1.165, 1.54) is 5.56 Å². The first kappa shape index (κ1) is 15.8. The van der Waals surface area contributed by atoms with Crippen LogP contribution in [0.2, 0.25) is 0 Å². The Labute approximate surface area is 127 Å². The molecule has 0 saturated carbocycles. The average Bonchev–Trinajstić information content (AvgIpc) is 2.84. The van der Waals surface area contributed by atoms with E-state index in [1.54, 1.807) is 0 Å². The van der Waals surface area contributed by atoms with E-state index in [0.29, 0.717) is 5.91 Å². The van der Waals surface area contributed by atoms with Gasteiger partial charge in [-0.3, -0.25) is 4.79 Å². The van der Waals surface area contributed by atoms with Gasteiger partial charge in [0.05, 0.1) is 6.10 Å². The molecule has 116 valence electrons. The molecule has 1 heterocycles. The summed E-state index contributed by atoms with van der Waals surface area (Å²) in [6.07, 6.45) is 2.96. The van der Waals surface area contributed by atoms with Gasteiger partial charge in [0.1, 0.15) is 5.75 Å². The average molecular weight is 290 g/mol. The van der Waals surface area contributed by atoms with Gasteiger partial charge in [-0.15, -0.1) is 0 Å². The van der Waals surface area contributed by atoms with Crippen molar-refractivity contribution in [1.29, 1.82) is 0 Å². The number of ether oxygens (including phenoxy) is 1. The Morgan fingerprint density at radius 2 is 2.24 bits per heavy atom. The van der Waals surface area contributed by atoms with Crippen LogP contribution in [0, 0.1) is 0 Å². The summed E-state index contributed by atoms with van der Waals surface area (Å²) in [5.41, 5.74) is 1.23. The number of benzene rings is 1. The molecule has 1 saturated heterocycles. The number of hydrogen-bond acceptors (Lipinski definition) is 3. The minimum absolute atomic E-state index is 0.200. The second kappa shape index (κ2) is 8.03. The molecule has 1 aromatic rings. The molecular formula is C17H26N2O2. The van der Waals surface area contributed by atoms with Crippen LogP contribution in [-0.4, -0.2) is 36.5 Å². The van der Waals surface area contributed by atoms with E-state index in [-0.39, 0.29) is 6.10 Å². The van der Waals surface area contributed by atoms with Gasteiger partial charge >= 0.3 is 0 Å². The summed E-state index contributed by atoms with van der Waals surface area (Å²) in [4.78, 5) is 13.4.